The number of nitrogens with zero attached hydrogens (tertiary/aromatic N) is 2. The molecule has 1 amide bonds. The number of benzene rings is 2. The number of ether oxygens (including phenoxy) is 1. The van der Waals surface area contributed by atoms with Gasteiger partial charge in [-0.25, -0.2) is 0 Å². The summed E-state index contributed by atoms with van der Waals surface area (Å²) in [6.45, 7) is 6.04. The van der Waals surface area contributed by atoms with E-state index in [-0.39, 0.29) is 5.91 Å². The van der Waals surface area contributed by atoms with Crippen molar-refractivity contribution in [3.05, 3.63) is 83.3 Å². The van der Waals surface area contributed by atoms with Gasteiger partial charge >= 0.3 is 0 Å². The van der Waals surface area contributed by atoms with Crippen molar-refractivity contribution >= 4 is 28.9 Å². The van der Waals surface area contributed by atoms with Crippen LogP contribution in [0.1, 0.15) is 24.0 Å². The summed E-state index contributed by atoms with van der Waals surface area (Å²) in [5, 5.41) is 0.843. The van der Waals surface area contributed by atoms with Gasteiger partial charge in [0, 0.05) is 13.1 Å². The zero-order valence-electron chi connectivity index (χ0n) is 17.0. The van der Waals surface area contributed by atoms with E-state index in [0.29, 0.717) is 17.4 Å². The Bertz CT molecular complexity index is 943. The molecule has 2 aliphatic heterocycles. The molecule has 0 atom stereocenters. The van der Waals surface area contributed by atoms with Gasteiger partial charge < -0.3 is 9.64 Å². The first kappa shape index (κ1) is 20.5. The maximum atomic E-state index is 12.4. The van der Waals surface area contributed by atoms with Gasteiger partial charge in [0.05, 0.1) is 4.91 Å². The van der Waals surface area contributed by atoms with Gasteiger partial charge in [0.2, 0.25) is 0 Å². The van der Waals surface area contributed by atoms with Crippen molar-refractivity contribution in [1.29, 1.82) is 0 Å². The highest BCUT2D eigenvalue weighted by Crippen LogP contribution is 2.33. The third-order valence-electron chi connectivity index (χ3n) is 5.41. The van der Waals surface area contributed by atoms with Crippen molar-refractivity contribution in [2.24, 2.45) is 10.9 Å². The second-order valence-corrected chi connectivity index (χ2v) is 8.61. The third kappa shape index (κ3) is 5.22. The van der Waals surface area contributed by atoms with Crippen molar-refractivity contribution in [3.8, 4) is 5.75 Å². The molecule has 0 spiro atoms. The molecule has 154 valence electrons. The van der Waals surface area contributed by atoms with Crippen LogP contribution in [0, 0.1) is 5.92 Å². The molecule has 0 aliphatic carbocycles. The van der Waals surface area contributed by atoms with Gasteiger partial charge in [-0.05, 0) is 66.3 Å². The Morgan fingerprint density at radius 3 is 2.53 bits per heavy atom. The molecule has 2 heterocycles. The number of hydrogen-bond donors (Lipinski definition) is 0. The Hall–Kier alpha value is -2.79. The minimum absolute atomic E-state index is 0.145. The van der Waals surface area contributed by atoms with E-state index in [1.807, 2.05) is 30.3 Å². The van der Waals surface area contributed by atoms with Crippen LogP contribution in [0.15, 0.2) is 77.1 Å². The molecule has 1 fully saturated rings. The lowest BCUT2D eigenvalue weighted by Gasteiger charge is -2.32. The highest BCUT2D eigenvalue weighted by molar-refractivity contribution is 8.18. The first-order chi connectivity index (χ1) is 14.7. The van der Waals surface area contributed by atoms with E-state index >= 15 is 0 Å². The molecule has 0 bridgehead atoms. The number of hydrogen-bond acceptors (Lipinski definition) is 4. The lowest BCUT2D eigenvalue weighted by Crippen LogP contribution is -2.37. The van der Waals surface area contributed by atoms with Crippen LogP contribution in [0.3, 0.4) is 0 Å². The summed E-state index contributed by atoms with van der Waals surface area (Å²) in [4.78, 5) is 19.7. The average Bonchev–Trinajstić information content (AvgIpc) is 3.14. The summed E-state index contributed by atoms with van der Waals surface area (Å²) in [6, 6.07) is 18.4. The van der Waals surface area contributed by atoms with Gasteiger partial charge in [-0.15, -0.1) is 0 Å². The fraction of sp³-hybridized carbons (Fsp3) is 0.280. The minimum atomic E-state index is -0.145. The van der Waals surface area contributed by atoms with Gasteiger partial charge in [-0.3, -0.25) is 4.79 Å². The maximum Gasteiger partial charge on any atom is 0.286 e. The lowest BCUT2D eigenvalue weighted by molar-refractivity contribution is -0.113. The molecule has 0 radical (unpaired) electrons. The van der Waals surface area contributed by atoms with Gasteiger partial charge in [0.15, 0.2) is 5.17 Å². The summed E-state index contributed by atoms with van der Waals surface area (Å²) in [7, 11) is 0. The average molecular weight is 419 g/mol. The monoisotopic (exact) mass is 418 g/mol. The van der Waals surface area contributed by atoms with Gasteiger partial charge in [-0.2, -0.15) is 4.99 Å². The van der Waals surface area contributed by atoms with E-state index in [4.69, 9.17) is 4.74 Å². The fourth-order valence-electron chi connectivity index (χ4n) is 3.78. The molecule has 2 aromatic carbocycles. The topological polar surface area (TPSA) is 41.9 Å². The smallest absolute Gasteiger partial charge is 0.286 e. The number of carbonyl (C=O) groups is 1. The quantitative estimate of drug-likeness (QED) is 0.479. The van der Waals surface area contributed by atoms with Crippen molar-refractivity contribution < 1.29 is 9.53 Å². The molecule has 4 rings (SSSR count). The Morgan fingerprint density at radius 1 is 1.10 bits per heavy atom. The first-order valence-corrected chi connectivity index (χ1v) is 11.2. The molecular formula is C25H26N2O2S. The largest absolute Gasteiger partial charge is 0.490 e. The highest BCUT2D eigenvalue weighted by Gasteiger charge is 2.29. The van der Waals surface area contributed by atoms with Crippen LogP contribution in [0.4, 0.5) is 0 Å². The molecule has 5 heteroatoms. The third-order valence-corrected chi connectivity index (χ3v) is 6.45. The van der Waals surface area contributed by atoms with Crippen LogP contribution < -0.4 is 4.74 Å². The van der Waals surface area contributed by atoms with E-state index in [2.05, 4.69) is 46.8 Å². The van der Waals surface area contributed by atoms with E-state index < -0.39 is 0 Å². The second-order valence-electron chi connectivity index (χ2n) is 7.60. The van der Waals surface area contributed by atoms with E-state index in [9.17, 15) is 4.79 Å². The minimum Gasteiger partial charge on any atom is -0.490 e. The number of amides is 1. The van der Waals surface area contributed by atoms with Gasteiger partial charge in [0.1, 0.15) is 12.4 Å². The normalized spacial score (nSPS) is 18.5. The Morgan fingerprint density at radius 2 is 1.83 bits per heavy atom. The summed E-state index contributed by atoms with van der Waals surface area (Å²) < 4.78 is 5.50. The summed E-state index contributed by atoms with van der Waals surface area (Å²) in [5.74, 6) is 1.34. The van der Waals surface area contributed by atoms with Gasteiger partial charge in [-0.1, -0.05) is 55.1 Å². The predicted molar refractivity (Wildman–Crippen MR) is 125 cm³/mol. The Kier molecular flexibility index (Phi) is 6.70. The first-order valence-electron chi connectivity index (χ1n) is 10.4. The Balaban J connectivity index is 1.32. The maximum absolute atomic E-state index is 12.4. The van der Waals surface area contributed by atoms with Gasteiger partial charge in [0.25, 0.3) is 5.91 Å². The van der Waals surface area contributed by atoms with Crippen LogP contribution in [0.25, 0.3) is 6.08 Å². The predicted octanol–water partition coefficient (Wildman–Crippen LogP) is 5.18. The summed E-state index contributed by atoms with van der Waals surface area (Å²) >= 11 is 1.49. The molecule has 0 saturated carbocycles. The molecule has 1 saturated heterocycles. The van der Waals surface area contributed by atoms with Crippen molar-refractivity contribution in [3.63, 3.8) is 0 Å². The van der Waals surface area contributed by atoms with Crippen LogP contribution in [-0.2, 0) is 11.2 Å². The number of carbonyl (C=O) groups excluding carboxylic acids is 1. The molecule has 0 aromatic heterocycles. The SMILES string of the molecule is C=CCOc1ccc(/C=C2/SC(N3CCC(Cc4ccccc4)CC3)=NC2=O)cc1. The van der Waals surface area contributed by atoms with Crippen LogP contribution in [0.5, 0.6) is 5.75 Å². The summed E-state index contributed by atoms with van der Waals surface area (Å²) in [6.07, 6.45) is 7.02. The molecular weight excluding hydrogens is 392 g/mol. The molecule has 2 aromatic rings. The van der Waals surface area contributed by atoms with Crippen LogP contribution >= 0.6 is 11.8 Å². The molecule has 4 nitrogen and oxygen atoms in total. The Labute approximate surface area is 182 Å². The van der Waals surface area contributed by atoms with E-state index in [1.165, 1.54) is 17.3 Å². The van der Waals surface area contributed by atoms with Crippen LogP contribution in [0.2, 0.25) is 0 Å². The standard InChI is InChI=1S/C25H26N2O2S/c1-2-16-29-22-10-8-20(9-11-22)18-23-24(28)26-25(30-23)27-14-12-21(13-15-27)17-19-6-4-3-5-7-19/h2-11,18,21H,1,12-17H2/b23-18+. The van der Waals surface area contributed by atoms with Crippen molar-refractivity contribution in [2.75, 3.05) is 19.7 Å². The zero-order valence-corrected chi connectivity index (χ0v) is 17.8. The van der Waals surface area contributed by atoms with Crippen LogP contribution in [-0.4, -0.2) is 35.7 Å². The molecule has 2 aliphatic rings. The number of rotatable bonds is 6. The zero-order chi connectivity index (χ0) is 20.8. The summed E-state index contributed by atoms with van der Waals surface area (Å²) in [5.41, 5.74) is 2.37. The number of likely N-dealkylation sites (tertiary alicyclic amines) is 1. The van der Waals surface area contributed by atoms with Crippen molar-refractivity contribution in [2.45, 2.75) is 19.3 Å². The lowest BCUT2D eigenvalue weighted by atomic mass is 9.90. The number of thioether (sulfide) groups is 1. The number of aliphatic imine (C=N–C) groups is 1. The number of piperidine rings is 1. The van der Waals surface area contributed by atoms with E-state index in [1.54, 1.807) is 6.08 Å². The van der Waals surface area contributed by atoms with Crippen molar-refractivity contribution in [1.82, 2.24) is 4.90 Å². The molecule has 0 unspecified atom stereocenters. The molecule has 30 heavy (non-hydrogen) atoms. The number of amidine groups is 1. The highest BCUT2D eigenvalue weighted by atomic mass is 32.2. The molecule has 0 N–H and O–H groups in total. The van der Waals surface area contributed by atoms with E-state index in [0.717, 1.165) is 48.8 Å². The fourth-order valence-corrected chi connectivity index (χ4v) is 4.74. The second kappa shape index (κ2) is 9.81.